The highest BCUT2D eigenvalue weighted by Crippen LogP contribution is 2.22. The molecule has 0 aliphatic carbocycles. The fourth-order valence-electron chi connectivity index (χ4n) is 1.53. The summed E-state index contributed by atoms with van der Waals surface area (Å²) in [5.41, 5.74) is 1.13. The zero-order valence-electron chi connectivity index (χ0n) is 11.5. The van der Waals surface area contributed by atoms with Gasteiger partial charge in [0.2, 0.25) is 0 Å². The minimum atomic E-state index is -0.389. The van der Waals surface area contributed by atoms with E-state index in [-0.39, 0.29) is 10.6 Å². The summed E-state index contributed by atoms with van der Waals surface area (Å²) >= 11 is 3.36. The van der Waals surface area contributed by atoms with Crippen LogP contribution in [0.5, 0.6) is 0 Å². The highest BCUT2D eigenvalue weighted by molar-refractivity contribution is 9.10. The first-order chi connectivity index (χ1) is 8.91. The topological polar surface area (TPSA) is 58.4 Å². The van der Waals surface area contributed by atoms with Gasteiger partial charge in [0.15, 0.2) is 0 Å². The average molecular weight is 330 g/mol. The molecule has 106 valence electrons. The van der Waals surface area contributed by atoms with Crippen molar-refractivity contribution in [3.05, 3.63) is 38.3 Å². The molecule has 0 saturated heterocycles. The maximum absolute atomic E-state index is 10.6. The Morgan fingerprint density at radius 2 is 2.16 bits per heavy atom. The number of nitrogens with one attached hydrogen (secondary N) is 1. The molecule has 1 rings (SSSR count). The summed E-state index contributed by atoms with van der Waals surface area (Å²) in [6, 6.07) is 5.38. The molecular formula is C13H20BrN3O2. The van der Waals surface area contributed by atoms with Crippen LogP contribution < -0.4 is 5.32 Å². The highest BCUT2D eigenvalue weighted by Gasteiger charge is 2.09. The summed E-state index contributed by atoms with van der Waals surface area (Å²) < 4.78 is 0.770. The van der Waals surface area contributed by atoms with E-state index in [0.717, 1.165) is 23.1 Å². The lowest BCUT2D eigenvalue weighted by atomic mass is 10.2. The number of likely N-dealkylation sites (N-methyl/N-ethyl adjacent to an activating group) is 1. The molecule has 6 heteroatoms. The predicted octanol–water partition coefficient (Wildman–Crippen LogP) is 2.79. The lowest BCUT2D eigenvalue weighted by Gasteiger charge is -2.21. The lowest BCUT2D eigenvalue weighted by molar-refractivity contribution is -0.384. The molecule has 0 aromatic heterocycles. The molecule has 0 bridgehead atoms. The van der Waals surface area contributed by atoms with Gasteiger partial charge in [-0.3, -0.25) is 10.1 Å². The molecule has 0 aliphatic rings. The first kappa shape index (κ1) is 16.1. The monoisotopic (exact) mass is 329 g/mol. The van der Waals surface area contributed by atoms with Crippen LogP contribution in [0.4, 0.5) is 5.69 Å². The fourth-order valence-corrected chi connectivity index (χ4v) is 2.04. The van der Waals surface area contributed by atoms with Crippen LogP contribution in [0.3, 0.4) is 0 Å². The SMILES string of the molecule is CC(C)N(C)CCNCc1ccc([N+](=O)[O-])cc1Br. The van der Waals surface area contributed by atoms with Gasteiger partial charge in [-0.05, 0) is 32.5 Å². The molecule has 0 unspecified atom stereocenters. The molecule has 1 aromatic rings. The second-order valence-corrected chi connectivity index (χ2v) is 5.64. The predicted molar refractivity (Wildman–Crippen MR) is 80.3 cm³/mol. The van der Waals surface area contributed by atoms with Gasteiger partial charge in [0.05, 0.1) is 4.92 Å². The van der Waals surface area contributed by atoms with Crippen molar-refractivity contribution < 1.29 is 4.92 Å². The summed E-state index contributed by atoms with van der Waals surface area (Å²) in [6.07, 6.45) is 0. The van der Waals surface area contributed by atoms with Gasteiger partial charge in [-0.1, -0.05) is 15.9 Å². The van der Waals surface area contributed by atoms with Gasteiger partial charge in [-0.25, -0.2) is 0 Å². The minimum Gasteiger partial charge on any atom is -0.311 e. The molecule has 19 heavy (non-hydrogen) atoms. The number of benzene rings is 1. The molecule has 0 amide bonds. The van der Waals surface area contributed by atoms with E-state index in [2.05, 4.69) is 47.0 Å². The summed E-state index contributed by atoms with van der Waals surface area (Å²) in [5, 5.41) is 14.0. The van der Waals surface area contributed by atoms with Crippen LogP contribution in [0.25, 0.3) is 0 Å². The molecule has 5 nitrogen and oxygen atoms in total. The Hall–Kier alpha value is -0.980. The number of hydrogen-bond donors (Lipinski definition) is 1. The standard InChI is InChI=1S/C13H20BrN3O2/c1-10(2)16(3)7-6-15-9-11-4-5-12(17(18)19)8-13(11)14/h4-5,8,10,15H,6-7,9H2,1-3H3. The van der Waals surface area contributed by atoms with Crippen LogP contribution in [-0.4, -0.2) is 36.0 Å². The minimum absolute atomic E-state index is 0.107. The molecule has 1 aromatic carbocycles. The van der Waals surface area contributed by atoms with E-state index in [0.29, 0.717) is 12.6 Å². The normalized spacial score (nSPS) is 11.3. The van der Waals surface area contributed by atoms with Crippen molar-refractivity contribution in [1.29, 1.82) is 0 Å². The van der Waals surface area contributed by atoms with E-state index in [1.165, 1.54) is 12.1 Å². The Morgan fingerprint density at radius 1 is 1.47 bits per heavy atom. The Balaban J connectivity index is 2.44. The van der Waals surface area contributed by atoms with Crippen LogP contribution in [-0.2, 0) is 6.54 Å². The van der Waals surface area contributed by atoms with Crippen LogP contribution >= 0.6 is 15.9 Å². The van der Waals surface area contributed by atoms with E-state index < -0.39 is 0 Å². The van der Waals surface area contributed by atoms with Crippen LogP contribution in [0.15, 0.2) is 22.7 Å². The van der Waals surface area contributed by atoms with Gasteiger partial charge >= 0.3 is 0 Å². The molecule has 0 atom stereocenters. The molecule has 0 spiro atoms. The van der Waals surface area contributed by atoms with Crippen molar-refractivity contribution in [2.24, 2.45) is 0 Å². The van der Waals surface area contributed by atoms with Gasteiger partial charge < -0.3 is 10.2 Å². The zero-order valence-corrected chi connectivity index (χ0v) is 13.1. The fraction of sp³-hybridized carbons (Fsp3) is 0.538. The molecule has 0 heterocycles. The largest absolute Gasteiger partial charge is 0.311 e. The van der Waals surface area contributed by atoms with E-state index in [1.54, 1.807) is 6.07 Å². The number of non-ortho nitro benzene ring substituents is 1. The van der Waals surface area contributed by atoms with Gasteiger partial charge in [-0.2, -0.15) is 0 Å². The quantitative estimate of drug-likeness (QED) is 0.474. The summed E-state index contributed by atoms with van der Waals surface area (Å²) in [4.78, 5) is 12.5. The molecule has 1 N–H and O–H groups in total. The van der Waals surface area contributed by atoms with Gasteiger partial charge in [-0.15, -0.1) is 0 Å². The van der Waals surface area contributed by atoms with Crippen LogP contribution in [0, 0.1) is 10.1 Å². The van der Waals surface area contributed by atoms with E-state index in [4.69, 9.17) is 0 Å². The Bertz CT molecular complexity index is 438. The lowest BCUT2D eigenvalue weighted by Crippen LogP contribution is -2.33. The van der Waals surface area contributed by atoms with Crippen molar-refractivity contribution in [2.75, 3.05) is 20.1 Å². The van der Waals surface area contributed by atoms with E-state index in [9.17, 15) is 10.1 Å². The number of halogens is 1. The van der Waals surface area contributed by atoms with Gasteiger partial charge in [0.25, 0.3) is 5.69 Å². The number of rotatable bonds is 7. The average Bonchev–Trinajstić information content (AvgIpc) is 2.35. The smallest absolute Gasteiger partial charge is 0.270 e. The van der Waals surface area contributed by atoms with E-state index >= 15 is 0 Å². The maximum Gasteiger partial charge on any atom is 0.270 e. The number of nitro benzene ring substituents is 1. The Kier molecular flexibility index (Phi) is 6.41. The van der Waals surface area contributed by atoms with Gasteiger partial charge in [0.1, 0.15) is 0 Å². The maximum atomic E-state index is 10.6. The van der Waals surface area contributed by atoms with Crippen LogP contribution in [0.2, 0.25) is 0 Å². The third-order valence-electron chi connectivity index (χ3n) is 3.09. The molecule has 0 radical (unpaired) electrons. The molecule has 0 aliphatic heterocycles. The third-order valence-corrected chi connectivity index (χ3v) is 3.82. The Labute approximate surface area is 122 Å². The number of nitro groups is 1. The third kappa shape index (κ3) is 5.26. The second-order valence-electron chi connectivity index (χ2n) is 4.78. The van der Waals surface area contributed by atoms with Gasteiger partial charge in [0, 0.05) is 42.3 Å². The highest BCUT2D eigenvalue weighted by atomic mass is 79.9. The summed E-state index contributed by atoms with van der Waals surface area (Å²) in [7, 11) is 2.09. The molecule has 0 fully saturated rings. The Morgan fingerprint density at radius 3 is 2.68 bits per heavy atom. The van der Waals surface area contributed by atoms with Crippen molar-refractivity contribution in [3.8, 4) is 0 Å². The summed E-state index contributed by atoms with van der Waals surface area (Å²) in [5.74, 6) is 0. The van der Waals surface area contributed by atoms with Crippen LogP contribution in [0.1, 0.15) is 19.4 Å². The zero-order chi connectivity index (χ0) is 14.4. The van der Waals surface area contributed by atoms with Crippen molar-refractivity contribution in [2.45, 2.75) is 26.4 Å². The molecular weight excluding hydrogens is 310 g/mol. The second kappa shape index (κ2) is 7.57. The van der Waals surface area contributed by atoms with Crippen molar-refractivity contribution in [3.63, 3.8) is 0 Å². The van der Waals surface area contributed by atoms with E-state index in [1.807, 2.05) is 0 Å². The van der Waals surface area contributed by atoms with Crippen molar-refractivity contribution >= 4 is 21.6 Å². The first-order valence-corrected chi connectivity index (χ1v) is 7.05. The summed E-state index contributed by atoms with van der Waals surface area (Å²) in [6.45, 7) is 6.88. The molecule has 0 saturated carbocycles. The van der Waals surface area contributed by atoms with Crippen molar-refractivity contribution in [1.82, 2.24) is 10.2 Å². The number of nitrogens with zero attached hydrogens (tertiary/aromatic N) is 2. The number of hydrogen-bond acceptors (Lipinski definition) is 4. The first-order valence-electron chi connectivity index (χ1n) is 6.25.